The molecule has 1 N–H and O–H groups in total. The average molecular weight is 208 g/mol. The molecule has 0 bridgehead atoms. The molecule has 0 radical (unpaired) electrons. The molecule has 0 atom stereocenters. The Morgan fingerprint density at radius 1 is 1.40 bits per heavy atom. The first-order chi connectivity index (χ1) is 7.06. The van der Waals surface area contributed by atoms with Crippen molar-refractivity contribution in [3.8, 4) is 0 Å². The second-order valence-electron chi connectivity index (χ2n) is 5.10. The van der Waals surface area contributed by atoms with Gasteiger partial charge in [-0.2, -0.15) is 0 Å². The van der Waals surface area contributed by atoms with Crippen LogP contribution in [0.3, 0.4) is 0 Å². The van der Waals surface area contributed by atoms with Gasteiger partial charge in [-0.1, -0.05) is 0 Å². The summed E-state index contributed by atoms with van der Waals surface area (Å²) < 4.78 is 2.21. The maximum Gasteiger partial charge on any atom is 0.0951 e. The molecule has 0 amide bonds. The number of fused-ring (bicyclic) bond motifs is 1. The van der Waals surface area contributed by atoms with Gasteiger partial charge < -0.3 is 9.67 Å². The molecule has 0 aliphatic heterocycles. The maximum absolute atomic E-state index is 9.69. The quantitative estimate of drug-likeness (QED) is 0.824. The molecule has 15 heavy (non-hydrogen) atoms. The van der Waals surface area contributed by atoms with Crippen LogP contribution in [-0.2, 0) is 19.4 Å². The van der Waals surface area contributed by atoms with Gasteiger partial charge in [-0.15, -0.1) is 0 Å². The summed E-state index contributed by atoms with van der Waals surface area (Å²) in [6.45, 7) is 4.60. The van der Waals surface area contributed by atoms with Crippen LogP contribution >= 0.6 is 0 Å². The van der Waals surface area contributed by atoms with Gasteiger partial charge in [-0.25, -0.2) is 4.98 Å². The minimum atomic E-state index is -0.578. The third kappa shape index (κ3) is 2.59. The van der Waals surface area contributed by atoms with Gasteiger partial charge in [-0.3, -0.25) is 0 Å². The lowest BCUT2D eigenvalue weighted by Gasteiger charge is -2.19. The molecule has 1 heterocycles. The number of hydrogen-bond donors (Lipinski definition) is 1. The second-order valence-corrected chi connectivity index (χ2v) is 5.10. The van der Waals surface area contributed by atoms with E-state index in [-0.39, 0.29) is 0 Å². The number of aryl methyl sites for hydroxylation is 2. The molecule has 3 nitrogen and oxygen atoms in total. The lowest BCUT2D eigenvalue weighted by Crippen LogP contribution is -2.21. The van der Waals surface area contributed by atoms with Crippen molar-refractivity contribution in [3.05, 3.63) is 17.7 Å². The van der Waals surface area contributed by atoms with Crippen LogP contribution in [0.25, 0.3) is 0 Å². The fraction of sp³-hybridized carbons (Fsp3) is 0.750. The number of hydrogen-bond acceptors (Lipinski definition) is 2. The summed E-state index contributed by atoms with van der Waals surface area (Å²) in [6.07, 6.45) is 7.56. The smallest absolute Gasteiger partial charge is 0.0951 e. The zero-order valence-corrected chi connectivity index (χ0v) is 9.66. The summed E-state index contributed by atoms with van der Waals surface area (Å²) in [5.74, 6) is 0. The lowest BCUT2D eigenvalue weighted by atomic mass is 10.0. The molecule has 0 saturated heterocycles. The predicted molar refractivity (Wildman–Crippen MR) is 59.8 cm³/mol. The Bertz CT molecular complexity index is 336. The Hall–Kier alpha value is -0.830. The summed E-state index contributed by atoms with van der Waals surface area (Å²) in [7, 11) is 0. The second kappa shape index (κ2) is 3.97. The van der Waals surface area contributed by atoms with E-state index in [2.05, 4.69) is 9.55 Å². The molecule has 0 aromatic carbocycles. The van der Waals surface area contributed by atoms with E-state index in [4.69, 9.17) is 0 Å². The standard InChI is InChI=1S/C12H20N2O/c1-12(2,15)7-8-14-9-13-10-5-3-4-6-11(10)14/h9,15H,3-8H2,1-2H3. The number of aromatic nitrogens is 2. The molecule has 1 aliphatic carbocycles. The fourth-order valence-electron chi connectivity index (χ4n) is 2.12. The van der Waals surface area contributed by atoms with Crippen molar-refractivity contribution in [2.24, 2.45) is 0 Å². The monoisotopic (exact) mass is 208 g/mol. The number of imidazole rings is 1. The van der Waals surface area contributed by atoms with E-state index in [1.165, 1.54) is 24.2 Å². The van der Waals surface area contributed by atoms with E-state index in [1.54, 1.807) is 0 Å². The molecule has 0 saturated carbocycles. The van der Waals surface area contributed by atoms with Crippen molar-refractivity contribution in [1.29, 1.82) is 0 Å². The Morgan fingerprint density at radius 3 is 2.87 bits per heavy atom. The van der Waals surface area contributed by atoms with Crippen LogP contribution in [0.4, 0.5) is 0 Å². The summed E-state index contributed by atoms with van der Waals surface area (Å²) in [5.41, 5.74) is 2.09. The lowest BCUT2D eigenvalue weighted by molar-refractivity contribution is 0.0659. The summed E-state index contributed by atoms with van der Waals surface area (Å²) >= 11 is 0. The largest absolute Gasteiger partial charge is 0.390 e. The third-order valence-corrected chi connectivity index (χ3v) is 3.07. The highest BCUT2D eigenvalue weighted by Crippen LogP contribution is 2.21. The van der Waals surface area contributed by atoms with Crippen LogP contribution in [0.15, 0.2) is 6.33 Å². The van der Waals surface area contributed by atoms with Crippen LogP contribution in [0.5, 0.6) is 0 Å². The fourth-order valence-corrected chi connectivity index (χ4v) is 2.12. The van der Waals surface area contributed by atoms with Crippen LogP contribution in [0.2, 0.25) is 0 Å². The highest BCUT2D eigenvalue weighted by Gasteiger charge is 2.17. The molecule has 0 spiro atoms. The number of rotatable bonds is 3. The molecule has 84 valence electrons. The maximum atomic E-state index is 9.69. The summed E-state index contributed by atoms with van der Waals surface area (Å²) in [5, 5.41) is 9.69. The highest BCUT2D eigenvalue weighted by molar-refractivity contribution is 5.16. The van der Waals surface area contributed by atoms with Crippen molar-refractivity contribution < 1.29 is 5.11 Å². The summed E-state index contributed by atoms with van der Waals surface area (Å²) in [6, 6.07) is 0. The van der Waals surface area contributed by atoms with Crippen molar-refractivity contribution >= 4 is 0 Å². The Balaban J connectivity index is 2.06. The minimum absolute atomic E-state index is 0.578. The van der Waals surface area contributed by atoms with E-state index in [9.17, 15) is 5.11 Å². The van der Waals surface area contributed by atoms with E-state index in [0.717, 1.165) is 25.8 Å². The SMILES string of the molecule is CC(C)(O)CCn1cnc2c1CCCC2. The van der Waals surface area contributed by atoms with E-state index in [1.807, 2.05) is 20.2 Å². The van der Waals surface area contributed by atoms with Crippen LogP contribution in [0, 0.1) is 0 Å². The topological polar surface area (TPSA) is 38.0 Å². The zero-order chi connectivity index (χ0) is 10.9. The molecule has 1 aliphatic rings. The van der Waals surface area contributed by atoms with Gasteiger partial charge in [0.2, 0.25) is 0 Å². The zero-order valence-electron chi connectivity index (χ0n) is 9.66. The van der Waals surface area contributed by atoms with Crippen LogP contribution in [0.1, 0.15) is 44.5 Å². The average Bonchev–Trinajstić information content (AvgIpc) is 2.57. The minimum Gasteiger partial charge on any atom is -0.390 e. The Labute approximate surface area is 91.1 Å². The van der Waals surface area contributed by atoms with E-state index in [0.29, 0.717) is 0 Å². The van der Waals surface area contributed by atoms with Crippen molar-refractivity contribution in [1.82, 2.24) is 9.55 Å². The Morgan fingerprint density at radius 2 is 2.13 bits per heavy atom. The normalized spacial score (nSPS) is 16.5. The molecule has 0 fully saturated rings. The molecule has 2 rings (SSSR count). The van der Waals surface area contributed by atoms with Crippen LogP contribution < -0.4 is 0 Å². The highest BCUT2D eigenvalue weighted by atomic mass is 16.3. The molecule has 1 aromatic heterocycles. The van der Waals surface area contributed by atoms with Gasteiger partial charge in [0, 0.05) is 12.2 Å². The van der Waals surface area contributed by atoms with Gasteiger partial charge in [0.15, 0.2) is 0 Å². The molecule has 0 unspecified atom stereocenters. The predicted octanol–water partition coefficient (Wildman–Crippen LogP) is 1.92. The summed E-state index contributed by atoms with van der Waals surface area (Å²) in [4.78, 5) is 4.44. The van der Waals surface area contributed by atoms with Crippen molar-refractivity contribution in [2.45, 2.75) is 58.1 Å². The van der Waals surface area contributed by atoms with Gasteiger partial charge in [-0.05, 0) is 46.0 Å². The molecular weight excluding hydrogens is 188 g/mol. The molecule has 1 aromatic rings. The van der Waals surface area contributed by atoms with Crippen molar-refractivity contribution in [3.63, 3.8) is 0 Å². The first kappa shape index (κ1) is 10.7. The number of aliphatic hydroxyl groups is 1. The van der Waals surface area contributed by atoms with Crippen molar-refractivity contribution in [2.75, 3.05) is 0 Å². The molecular formula is C12H20N2O. The van der Waals surface area contributed by atoms with E-state index >= 15 is 0 Å². The number of nitrogens with zero attached hydrogens (tertiary/aromatic N) is 2. The molecule has 3 heteroatoms. The van der Waals surface area contributed by atoms with Gasteiger partial charge in [0.25, 0.3) is 0 Å². The van der Waals surface area contributed by atoms with Gasteiger partial charge in [0.1, 0.15) is 0 Å². The van der Waals surface area contributed by atoms with Gasteiger partial charge >= 0.3 is 0 Å². The first-order valence-corrected chi connectivity index (χ1v) is 5.81. The van der Waals surface area contributed by atoms with Crippen LogP contribution in [-0.4, -0.2) is 20.3 Å². The van der Waals surface area contributed by atoms with Gasteiger partial charge in [0.05, 0.1) is 17.6 Å². The first-order valence-electron chi connectivity index (χ1n) is 5.81. The van der Waals surface area contributed by atoms with E-state index < -0.39 is 5.60 Å². The Kier molecular flexibility index (Phi) is 2.83. The third-order valence-electron chi connectivity index (χ3n) is 3.07.